The van der Waals surface area contributed by atoms with Gasteiger partial charge in [-0.05, 0) is 43.2 Å². The summed E-state index contributed by atoms with van der Waals surface area (Å²) >= 11 is 11.3. The highest BCUT2D eigenvalue weighted by Crippen LogP contribution is 2.41. The molecule has 1 aromatic heterocycles. The Bertz CT molecular complexity index is 1260. The monoisotopic (exact) mass is 576 g/mol. The van der Waals surface area contributed by atoms with Gasteiger partial charge in [0.25, 0.3) is 0 Å². The van der Waals surface area contributed by atoms with Gasteiger partial charge in [0.15, 0.2) is 0 Å². The summed E-state index contributed by atoms with van der Waals surface area (Å²) in [6.45, 7) is 4.26. The van der Waals surface area contributed by atoms with E-state index in [1.54, 1.807) is 11.8 Å². The molecule has 3 aromatic rings. The molecule has 0 saturated carbocycles. The SMILES string of the molecule is CCCCOC(=O)C1=C(C)Nc2nc(SCc3ccccc3Cl)nn2C1c1cc(Br)ccc1OC. The normalized spacial score (nSPS) is 14.9. The largest absolute Gasteiger partial charge is 0.496 e. The lowest BCUT2D eigenvalue weighted by atomic mass is 9.95. The number of hydrogen-bond donors (Lipinski definition) is 1. The lowest BCUT2D eigenvalue weighted by Gasteiger charge is -2.29. The maximum Gasteiger partial charge on any atom is 0.338 e. The fourth-order valence-corrected chi connectivity index (χ4v) is 5.30. The molecule has 35 heavy (non-hydrogen) atoms. The first-order valence-corrected chi connectivity index (χ1v) is 13.4. The van der Waals surface area contributed by atoms with Crippen molar-refractivity contribution in [2.75, 3.05) is 19.0 Å². The van der Waals surface area contributed by atoms with Gasteiger partial charge in [-0.15, -0.1) is 5.10 Å². The fourth-order valence-electron chi connectivity index (χ4n) is 3.81. The Morgan fingerprint density at radius 2 is 2.09 bits per heavy atom. The number of ether oxygens (including phenoxy) is 2. The Hall–Kier alpha value is -2.49. The first kappa shape index (κ1) is 25.6. The second-order valence-corrected chi connectivity index (χ2v) is 10.2. The predicted molar refractivity (Wildman–Crippen MR) is 142 cm³/mol. The molecule has 0 bridgehead atoms. The summed E-state index contributed by atoms with van der Waals surface area (Å²) in [5.74, 6) is 1.41. The number of thioether (sulfide) groups is 1. The second-order valence-electron chi connectivity index (χ2n) is 7.98. The van der Waals surface area contributed by atoms with E-state index in [2.05, 4.69) is 28.2 Å². The molecule has 7 nitrogen and oxygen atoms in total. The molecule has 4 rings (SSSR count). The molecule has 1 N–H and O–H groups in total. The molecule has 1 aliphatic heterocycles. The third-order valence-electron chi connectivity index (χ3n) is 5.59. The molecular weight excluding hydrogens is 552 g/mol. The highest BCUT2D eigenvalue weighted by Gasteiger charge is 2.37. The van der Waals surface area contributed by atoms with E-state index >= 15 is 0 Å². The molecule has 0 radical (unpaired) electrons. The van der Waals surface area contributed by atoms with Gasteiger partial charge in [-0.1, -0.05) is 70.8 Å². The molecule has 0 aliphatic carbocycles. The lowest BCUT2D eigenvalue weighted by molar-refractivity contribution is -0.139. The minimum absolute atomic E-state index is 0.359. The van der Waals surface area contributed by atoms with Gasteiger partial charge in [0.05, 0.1) is 19.3 Å². The summed E-state index contributed by atoms with van der Waals surface area (Å²) < 4.78 is 13.9. The zero-order chi connectivity index (χ0) is 24.9. The maximum absolute atomic E-state index is 13.3. The molecule has 0 spiro atoms. The van der Waals surface area contributed by atoms with Gasteiger partial charge in [0, 0.05) is 26.5 Å². The molecule has 0 fully saturated rings. The van der Waals surface area contributed by atoms with Crippen LogP contribution in [0.2, 0.25) is 5.02 Å². The van der Waals surface area contributed by atoms with Crippen LogP contribution in [0.15, 0.2) is 63.4 Å². The van der Waals surface area contributed by atoms with E-state index in [1.807, 2.05) is 49.4 Å². The summed E-state index contributed by atoms with van der Waals surface area (Å²) in [4.78, 5) is 18.0. The summed E-state index contributed by atoms with van der Waals surface area (Å²) in [6, 6.07) is 12.8. The number of esters is 1. The van der Waals surface area contributed by atoms with E-state index in [9.17, 15) is 4.79 Å². The van der Waals surface area contributed by atoms with Gasteiger partial charge in [-0.2, -0.15) is 4.98 Å². The number of nitrogens with one attached hydrogen (secondary N) is 1. The van der Waals surface area contributed by atoms with Crippen molar-refractivity contribution in [1.29, 1.82) is 0 Å². The van der Waals surface area contributed by atoms with Gasteiger partial charge in [-0.3, -0.25) is 0 Å². The third kappa shape index (κ3) is 5.68. The quantitative estimate of drug-likeness (QED) is 0.174. The number of halogens is 2. The Morgan fingerprint density at radius 1 is 1.29 bits per heavy atom. The van der Waals surface area contributed by atoms with Crippen molar-refractivity contribution in [1.82, 2.24) is 14.8 Å². The Morgan fingerprint density at radius 3 is 2.83 bits per heavy atom. The van der Waals surface area contributed by atoms with Crippen LogP contribution in [0, 0.1) is 0 Å². The number of nitrogens with zero attached hydrogens (tertiary/aromatic N) is 3. The first-order valence-electron chi connectivity index (χ1n) is 11.2. The van der Waals surface area contributed by atoms with Crippen molar-refractivity contribution in [3.63, 3.8) is 0 Å². The Labute approximate surface area is 222 Å². The van der Waals surface area contributed by atoms with Crippen molar-refractivity contribution < 1.29 is 14.3 Å². The predicted octanol–water partition coefficient (Wildman–Crippen LogP) is 6.63. The number of aromatic nitrogens is 3. The van der Waals surface area contributed by atoms with Crippen molar-refractivity contribution >= 4 is 51.2 Å². The van der Waals surface area contributed by atoms with E-state index < -0.39 is 6.04 Å². The highest BCUT2D eigenvalue weighted by atomic mass is 79.9. The van der Waals surface area contributed by atoms with Crippen LogP contribution in [0.3, 0.4) is 0 Å². The van der Waals surface area contributed by atoms with E-state index in [0.29, 0.717) is 45.5 Å². The van der Waals surface area contributed by atoms with Gasteiger partial charge in [0.1, 0.15) is 11.8 Å². The molecule has 1 atom stereocenters. The number of carbonyl (C=O) groups is 1. The molecule has 0 amide bonds. The summed E-state index contributed by atoms with van der Waals surface area (Å²) in [6.07, 6.45) is 1.74. The van der Waals surface area contributed by atoms with Crippen LogP contribution in [0.25, 0.3) is 0 Å². The molecule has 2 heterocycles. The standard InChI is InChI=1S/C25H26BrClN4O3S/c1-4-5-12-34-23(32)21-15(2)28-24-29-25(35-14-16-8-6-7-9-19(16)27)30-31(24)22(21)18-13-17(26)10-11-20(18)33-3/h6-11,13,22H,4-5,12,14H2,1-3H3,(H,28,29,30). The van der Waals surface area contributed by atoms with Gasteiger partial charge >= 0.3 is 5.97 Å². The number of unbranched alkanes of at least 4 members (excludes halogenated alkanes) is 1. The Balaban J connectivity index is 1.73. The molecule has 2 aromatic carbocycles. The van der Waals surface area contributed by atoms with Crippen LogP contribution in [0.1, 0.15) is 43.9 Å². The van der Waals surface area contributed by atoms with Crippen LogP contribution in [0.5, 0.6) is 5.75 Å². The van der Waals surface area contributed by atoms with E-state index in [1.165, 1.54) is 11.8 Å². The van der Waals surface area contributed by atoms with Crippen LogP contribution in [-0.4, -0.2) is 34.5 Å². The zero-order valence-electron chi connectivity index (χ0n) is 19.7. The number of rotatable bonds is 9. The number of allylic oxidation sites excluding steroid dienone is 1. The average molecular weight is 578 g/mol. The van der Waals surface area contributed by atoms with Gasteiger partial charge in [-0.25, -0.2) is 9.48 Å². The molecule has 10 heteroatoms. The number of fused-ring (bicyclic) bond motifs is 1. The summed E-state index contributed by atoms with van der Waals surface area (Å²) in [5.41, 5.74) is 2.91. The van der Waals surface area contributed by atoms with Gasteiger partial charge in [0.2, 0.25) is 11.1 Å². The number of methoxy groups -OCH3 is 1. The van der Waals surface area contributed by atoms with Crippen molar-refractivity contribution in [2.24, 2.45) is 0 Å². The first-order chi connectivity index (χ1) is 16.9. The van der Waals surface area contributed by atoms with Crippen molar-refractivity contribution in [3.8, 4) is 5.75 Å². The minimum Gasteiger partial charge on any atom is -0.496 e. The van der Waals surface area contributed by atoms with Crippen LogP contribution in [-0.2, 0) is 15.3 Å². The molecule has 1 unspecified atom stereocenters. The zero-order valence-corrected chi connectivity index (χ0v) is 22.8. The van der Waals surface area contributed by atoms with Crippen LogP contribution in [0.4, 0.5) is 5.95 Å². The highest BCUT2D eigenvalue weighted by molar-refractivity contribution is 9.10. The maximum atomic E-state index is 13.3. The summed E-state index contributed by atoms with van der Waals surface area (Å²) in [7, 11) is 1.61. The second kappa shape index (κ2) is 11.5. The van der Waals surface area contributed by atoms with Crippen molar-refractivity contribution in [2.45, 2.75) is 43.6 Å². The minimum atomic E-state index is -0.574. The van der Waals surface area contributed by atoms with E-state index in [0.717, 1.165) is 28.4 Å². The van der Waals surface area contributed by atoms with E-state index in [-0.39, 0.29) is 5.97 Å². The number of benzene rings is 2. The smallest absolute Gasteiger partial charge is 0.338 e. The number of anilines is 1. The topological polar surface area (TPSA) is 78.3 Å². The lowest BCUT2D eigenvalue weighted by Crippen LogP contribution is -2.30. The van der Waals surface area contributed by atoms with Gasteiger partial charge < -0.3 is 14.8 Å². The average Bonchev–Trinajstić information content (AvgIpc) is 3.25. The van der Waals surface area contributed by atoms with Crippen LogP contribution < -0.4 is 10.1 Å². The molecule has 1 aliphatic rings. The van der Waals surface area contributed by atoms with Crippen LogP contribution >= 0.6 is 39.3 Å². The molecule has 184 valence electrons. The molecular formula is C25H26BrClN4O3S. The van der Waals surface area contributed by atoms with E-state index in [4.69, 9.17) is 31.2 Å². The number of carbonyl (C=O) groups excluding carboxylic acids is 1. The van der Waals surface area contributed by atoms with Crippen molar-refractivity contribution in [3.05, 3.63) is 74.4 Å². The Kier molecular flexibility index (Phi) is 8.41. The fraction of sp³-hybridized carbons (Fsp3) is 0.320. The molecule has 0 saturated heterocycles. The third-order valence-corrected chi connectivity index (χ3v) is 7.33. The summed E-state index contributed by atoms with van der Waals surface area (Å²) in [5, 5.41) is 9.28. The number of hydrogen-bond acceptors (Lipinski definition) is 7.